The SMILES string of the molecule is C#CC1(O)C[C@@H](C(=O)NC2(C(=O)NS(=O)(=O)C3CC3)CC2)N(C(=O)[C@@H](NC(=O)OC(C)(C)C)C(C)(C)C)C1. The number of carbonyl (C=O) groups excluding carboxylic acids is 4. The van der Waals surface area contributed by atoms with Crippen LogP contribution >= 0.6 is 0 Å². The molecule has 1 heterocycles. The van der Waals surface area contributed by atoms with Gasteiger partial charge in [-0.1, -0.05) is 26.7 Å². The van der Waals surface area contributed by atoms with Crippen molar-refractivity contribution in [2.75, 3.05) is 6.54 Å². The molecule has 0 radical (unpaired) electrons. The normalized spacial score (nSPS) is 25.5. The Bertz CT molecular complexity index is 1160. The minimum Gasteiger partial charge on any atom is -0.444 e. The first-order valence-corrected chi connectivity index (χ1v) is 14.1. The summed E-state index contributed by atoms with van der Waals surface area (Å²) in [4.78, 5) is 53.5. The fourth-order valence-electron chi connectivity index (χ4n) is 4.24. The average Bonchev–Trinajstić information content (AvgIpc) is 3.67. The zero-order valence-electron chi connectivity index (χ0n) is 22.7. The highest BCUT2D eigenvalue weighted by molar-refractivity contribution is 7.91. The van der Waals surface area contributed by atoms with Crippen LogP contribution in [0.25, 0.3) is 0 Å². The maximum atomic E-state index is 13.7. The Morgan fingerprint density at radius 2 is 1.68 bits per heavy atom. The number of sulfonamides is 1. The molecule has 1 unspecified atom stereocenters. The van der Waals surface area contributed by atoms with Gasteiger partial charge in [0, 0.05) is 6.42 Å². The summed E-state index contributed by atoms with van der Waals surface area (Å²) in [5, 5.41) is 15.4. The number of carbonyl (C=O) groups is 4. The van der Waals surface area contributed by atoms with Crippen LogP contribution in [0, 0.1) is 17.8 Å². The highest BCUT2D eigenvalue weighted by atomic mass is 32.2. The van der Waals surface area contributed by atoms with Crippen LogP contribution in [0.4, 0.5) is 4.79 Å². The summed E-state index contributed by atoms with van der Waals surface area (Å²) in [5.74, 6) is -0.0359. The molecule has 4 N–H and O–H groups in total. The Balaban J connectivity index is 1.81. The maximum absolute atomic E-state index is 13.7. The van der Waals surface area contributed by atoms with E-state index in [0.29, 0.717) is 12.8 Å². The number of nitrogens with one attached hydrogen (secondary N) is 3. The van der Waals surface area contributed by atoms with Crippen LogP contribution < -0.4 is 15.4 Å². The first-order valence-electron chi connectivity index (χ1n) is 12.6. The fourth-order valence-corrected chi connectivity index (χ4v) is 5.62. The third-order valence-electron chi connectivity index (χ3n) is 6.71. The van der Waals surface area contributed by atoms with Crippen LogP contribution in [0.5, 0.6) is 0 Å². The van der Waals surface area contributed by atoms with Crippen molar-refractivity contribution >= 4 is 33.8 Å². The Morgan fingerprint density at radius 1 is 1.11 bits per heavy atom. The quantitative estimate of drug-likeness (QED) is 0.322. The van der Waals surface area contributed by atoms with E-state index in [-0.39, 0.29) is 25.8 Å². The summed E-state index contributed by atoms with van der Waals surface area (Å²) < 4.78 is 31.8. The lowest BCUT2D eigenvalue weighted by Gasteiger charge is -2.36. The van der Waals surface area contributed by atoms with E-state index < -0.39 is 73.3 Å². The number of rotatable bonds is 7. The molecular weight excluding hydrogens is 516 g/mol. The van der Waals surface area contributed by atoms with E-state index in [9.17, 15) is 32.7 Å². The third-order valence-corrected chi connectivity index (χ3v) is 8.53. The van der Waals surface area contributed by atoms with Crippen molar-refractivity contribution in [1.29, 1.82) is 0 Å². The fraction of sp³-hybridized carbons (Fsp3) is 0.760. The van der Waals surface area contributed by atoms with Gasteiger partial charge in [-0.3, -0.25) is 19.1 Å². The molecule has 1 aliphatic heterocycles. The number of alkyl carbamates (subject to hydrolysis) is 1. The smallest absolute Gasteiger partial charge is 0.408 e. The van der Waals surface area contributed by atoms with Gasteiger partial charge in [0.15, 0.2) is 0 Å². The highest BCUT2D eigenvalue weighted by Gasteiger charge is 2.56. The molecule has 3 aliphatic rings. The molecule has 3 rings (SSSR count). The molecule has 13 heteroatoms. The Labute approximate surface area is 223 Å². The molecule has 0 spiro atoms. The molecule has 4 amide bonds. The molecular formula is C25H38N4O8S. The van der Waals surface area contributed by atoms with Crippen molar-refractivity contribution in [2.45, 2.75) is 108 Å². The third kappa shape index (κ3) is 6.77. The number of hydrogen-bond donors (Lipinski definition) is 4. The molecule has 0 aromatic carbocycles. The van der Waals surface area contributed by atoms with Crippen LogP contribution in [-0.2, 0) is 29.1 Å². The summed E-state index contributed by atoms with van der Waals surface area (Å²) in [6.45, 7) is 9.80. The molecule has 38 heavy (non-hydrogen) atoms. The van der Waals surface area contributed by atoms with E-state index in [1.807, 2.05) is 0 Å². The number of likely N-dealkylation sites (tertiary alicyclic amines) is 1. The van der Waals surface area contributed by atoms with Gasteiger partial charge in [-0.25, -0.2) is 13.2 Å². The lowest BCUT2D eigenvalue weighted by atomic mass is 9.85. The van der Waals surface area contributed by atoms with Gasteiger partial charge in [0.25, 0.3) is 5.91 Å². The second-order valence-corrected chi connectivity index (χ2v) is 14.5. The molecule has 2 aliphatic carbocycles. The van der Waals surface area contributed by atoms with Gasteiger partial charge >= 0.3 is 6.09 Å². The van der Waals surface area contributed by atoms with E-state index in [1.165, 1.54) is 0 Å². The van der Waals surface area contributed by atoms with Crippen LogP contribution in [-0.4, -0.2) is 82.9 Å². The van der Waals surface area contributed by atoms with Gasteiger partial charge in [-0.2, -0.15) is 0 Å². The lowest BCUT2D eigenvalue weighted by molar-refractivity contribution is -0.143. The van der Waals surface area contributed by atoms with E-state index >= 15 is 0 Å². The van der Waals surface area contributed by atoms with Gasteiger partial charge < -0.3 is 25.4 Å². The monoisotopic (exact) mass is 554 g/mol. The Morgan fingerprint density at radius 3 is 2.13 bits per heavy atom. The Hall–Kier alpha value is -2.85. The Kier molecular flexibility index (Phi) is 7.59. The van der Waals surface area contributed by atoms with Crippen LogP contribution in [0.1, 0.15) is 73.6 Å². The summed E-state index contributed by atoms with van der Waals surface area (Å²) in [5.41, 5.74) is -4.88. The first kappa shape index (κ1) is 29.7. The number of ether oxygens (including phenoxy) is 1. The minimum atomic E-state index is -3.82. The van der Waals surface area contributed by atoms with Crippen molar-refractivity contribution in [3.8, 4) is 12.3 Å². The van der Waals surface area contributed by atoms with Crippen LogP contribution in [0.3, 0.4) is 0 Å². The summed E-state index contributed by atoms with van der Waals surface area (Å²) in [6, 6.07) is -2.41. The average molecular weight is 555 g/mol. The molecule has 212 valence electrons. The molecule has 2 saturated carbocycles. The minimum absolute atomic E-state index is 0.218. The van der Waals surface area contributed by atoms with Crippen molar-refractivity contribution < 1.29 is 37.4 Å². The second kappa shape index (κ2) is 9.72. The number of amides is 4. The number of terminal acetylenes is 1. The molecule has 3 fully saturated rings. The molecule has 0 aromatic heterocycles. The number of hydrogen-bond acceptors (Lipinski definition) is 8. The summed E-state index contributed by atoms with van der Waals surface area (Å²) in [7, 11) is -3.82. The molecule has 3 atom stereocenters. The van der Waals surface area contributed by atoms with Gasteiger partial charge in [0.05, 0.1) is 11.8 Å². The lowest BCUT2D eigenvalue weighted by Crippen LogP contribution is -2.60. The van der Waals surface area contributed by atoms with Gasteiger partial charge in [0.1, 0.15) is 28.8 Å². The van der Waals surface area contributed by atoms with E-state index in [0.717, 1.165) is 4.90 Å². The number of nitrogens with zero attached hydrogens (tertiary/aromatic N) is 1. The molecule has 1 saturated heterocycles. The van der Waals surface area contributed by atoms with Crippen molar-refractivity contribution in [3.63, 3.8) is 0 Å². The number of aliphatic hydroxyl groups is 1. The van der Waals surface area contributed by atoms with Gasteiger partial charge in [0.2, 0.25) is 21.8 Å². The predicted octanol–water partition coefficient (Wildman–Crippen LogP) is 0.148. The summed E-state index contributed by atoms with van der Waals surface area (Å²) in [6.07, 6.45) is 5.75. The van der Waals surface area contributed by atoms with E-state index in [4.69, 9.17) is 11.2 Å². The van der Waals surface area contributed by atoms with Crippen molar-refractivity contribution in [1.82, 2.24) is 20.3 Å². The molecule has 0 aromatic rings. The number of β-amino-alcohol motifs (C(OH)–C–C–N with tert-alkyl or cyclic N) is 1. The van der Waals surface area contributed by atoms with Crippen LogP contribution in [0.2, 0.25) is 0 Å². The second-order valence-electron chi connectivity index (χ2n) is 12.6. The summed E-state index contributed by atoms with van der Waals surface area (Å²) >= 11 is 0. The zero-order valence-corrected chi connectivity index (χ0v) is 23.5. The van der Waals surface area contributed by atoms with Gasteiger partial charge in [-0.05, 0) is 51.9 Å². The largest absolute Gasteiger partial charge is 0.444 e. The van der Waals surface area contributed by atoms with Crippen molar-refractivity contribution in [2.24, 2.45) is 5.41 Å². The predicted molar refractivity (Wildman–Crippen MR) is 137 cm³/mol. The van der Waals surface area contributed by atoms with Crippen LogP contribution in [0.15, 0.2) is 0 Å². The topological polar surface area (TPSA) is 171 Å². The maximum Gasteiger partial charge on any atom is 0.408 e. The van der Waals surface area contributed by atoms with E-state index in [2.05, 4.69) is 21.3 Å². The standard InChI is InChI=1S/C25H38N4O8S/c1-8-24(34)13-16(18(30)27-25(11-12-25)20(32)28-38(35,36)15-9-10-15)29(14-24)19(31)17(22(2,3)4)26-21(33)37-23(5,6)7/h1,15-17,34H,9-14H2,2-7H3,(H,26,33)(H,27,30)(H,28,32)/t16-,17+,24?/m0/s1. The highest BCUT2D eigenvalue weighted by Crippen LogP contribution is 2.38. The molecule has 0 bridgehead atoms. The van der Waals surface area contributed by atoms with Crippen molar-refractivity contribution in [3.05, 3.63) is 0 Å². The molecule has 12 nitrogen and oxygen atoms in total. The van der Waals surface area contributed by atoms with Gasteiger partial charge in [-0.15, -0.1) is 6.42 Å². The first-order chi connectivity index (χ1) is 17.2. The zero-order chi connectivity index (χ0) is 28.9. The van der Waals surface area contributed by atoms with E-state index in [1.54, 1.807) is 41.5 Å².